The van der Waals surface area contributed by atoms with Crippen LogP contribution in [0.15, 0.2) is 26.9 Å². The number of nitrogens with two attached hydrogens (primary N) is 1. The number of nitrogens with zero attached hydrogens (tertiary/aromatic N) is 2. The maximum absolute atomic E-state index is 11.2. The lowest BCUT2D eigenvalue weighted by Crippen LogP contribution is -2.33. The Morgan fingerprint density at radius 1 is 1.50 bits per heavy atom. The van der Waals surface area contributed by atoms with E-state index in [0.29, 0.717) is 17.5 Å². The highest BCUT2D eigenvalue weighted by Gasteiger charge is 2.06. The van der Waals surface area contributed by atoms with Crippen LogP contribution in [0.5, 0.6) is 0 Å². The molecule has 8 heteroatoms. The lowest BCUT2D eigenvalue weighted by Gasteiger charge is -2.04. The van der Waals surface area contributed by atoms with Gasteiger partial charge in [0.05, 0.1) is 11.4 Å². The fourth-order valence-electron chi connectivity index (χ4n) is 1.39. The number of aromatic nitrogens is 3. The van der Waals surface area contributed by atoms with Crippen LogP contribution in [0.2, 0.25) is 0 Å². The van der Waals surface area contributed by atoms with Gasteiger partial charge in [0.25, 0.3) is 0 Å². The minimum Gasteiger partial charge on any atom is -0.320 e. The van der Waals surface area contributed by atoms with E-state index in [1.54, 1.807) is 18.4 Å². The maximum Gasteiger partial charge on any atom is 0.339 e. The Morgan fingerprint density at radius 3 is 3.05 bits per heavy atom. The quantitative estimate of drug-likeness (QED) is 0.478. The molecule has 3 N–H and O–H groups in total. The summed E-state index contributed by atoms with van der Waals surface area (Å²) < 4.78 is 1.44. The van der Waals surface area contributed by atoms with Gasteiger partial charge in [0.2, 0.25) is 0 Å². The second-order valence-electron chi connectivity index (χ2n) is 3.76. The number of H-pyrrole nitrogens is 1. The van der Waals surface area contributed by atoms with E-state index in [1.165, 1.54) is 16.4 Å². The summed E-state index contributed by atoms with van der Waals surface area (Å²) in [5.74, 6) is 6.42. The first-order chi connectivity index (χ1) is 9.60. The molecule has 0 unspecified atom stereocenters. The molecule has 20 heavy (non-hydrogen) atoms. The van der Waals surface area contributed by atoms with Crippen LogP contribution in [0.4, 0.5) is 0 Å². The average molecular weight is 308 g/mol. The molecule has 2 rings (SSSR count). The fraction of sp³-hybridized carbons (Fsp3) is 0.250. The highest BCUT2D eigenvalue weighted by atomic mass is 32.2. The molecule has 0 bridgehead atoms. The Morgan fingerprint density at radius 2 is 2.30 bits per heavy atom. The van der Waals surface area contributed by atoms with Gasteiger partial charge in [-0.3, -0.25) is 19.4 Å². The number of thioether (sulfide) groups is 1. The van der Waals surface area contributed by atoms with Crippen molar-refractivity contribution in [1.29, 1.82) is 0 Å². The number of hydrogen-bond acceptors (Lipinski definition) is 6. The Balaban J connectivity index is 2.09. The standard InChI is InChI=1S/C12H12N4O2S2/c1-16-12(14-10(17)11(18)15-16)19-7-9-5-4-8(20-9)3-2-6-13/h4-5H,6-7,13H2,1H3,(H,15,18). The van der Waals surface area contributed by atoms with Gasteiger partial charge in [-0.15, -0.1) is 11.3 Å². The van der Waals surface area contributed by atoms with Crippen LogP contribution in [0.25, 0.3) is 0 Å². The van der Waals surface area contributed by atoms with E-state index >= 15 is 0 Å². The molecule has 2 aromatic heterocycles. The molecule has 0 aliphatic heterocycles. The second-order valence-corrected chi connectivity index (χ2v) is 5.87. The third-order valence-corrected chi connectivity index (χ3v) is 4.53. The summed E-state index contributed by atoms with van der Waals surface area (Å²) in [6.07, 6.45) is 0. The first-order valence-corrected chi connectivity index (χ1v) is 7.48. The number of thiophene rings is 1. The number of aryl methyl sites for hydroxylation is 1. The van der Waals surface area contributed by atoms with Gasteiger partial charge in [-0.2, -0.15) is 4.98 Å². The summed E-state index contributed by atoms with van der Waals surface area (Å²) in [4.78, 5) is 28.1. The zero-order valence-electron chi connectivity index (χ0n) is 10.7. The Hall–Kier alpha value is -1.82. The number of hydrogen-bond donors (Lipinski definition) is 2. The lowest BCUT2D eigenvalue weighted by molar-refractivity contribution is 0.596. The van der Waals surface area contributed by atoms with Crippen molar-refractivity contribution in [3.8, 4) is 11.8 Å². The normalized spacial score (nSPS) is 10.1. The number of aromatic amines is 1. The molecular formula is C12H12N4O2S2. The highest BCUT2D eigenvalue weighted by Crippen LogP contribution is 2.24. The molecule has 2 aromatic rings. The van der Waals surface area contributed by atoms with E-state index in [2.05, 4.69) is 21.9 Å². The van der Waals surface area contributed by atoms with Gasteiger partial charge in [0.15, 0.2) is 5.16 Å². The zero-order chi connectivity index (χ0) is 14.5. The second kappa shape index (κ2) is 6.56. The van der Waals surface area contributed by atoms with Gasteiger partial charge in [0, 0.05) is 17.7 Å². The van der Waals surface area contributed by atoms with Crippen LogP contribution >= 0.6 is 23.1 Å². The van der Waals surface area contributed by atoms with Gasteiger partial charge in [-0.05, 0) is 12.1 Å². The van der Waals surface area contributed by atoms with Crippen LogP contribution in [-0.2, 0) is 12.8 Å². The van der Waals surface area contributed by atoms with Crippen LogP contribution < -0.4 is 16.9 Å². The molecular weight excluding hydrogens is 296 g/mol. The third-order valence-electron chi connectivity index (χ3n) is 2.27. The SMILES string of the molecule is Cn1[nH]c(=O)c(=O)nc1SCc1ccc(C#CCN)s1. The highest BCUT2D eigenvalue weighted by molar-refractivity contribution is 7.98. The average Bonchev–Trinajstić information content (AvgIpc) is 2.87. The van der Waals surface area contributed by atoms with Crippen molar-refractivity contribution in [3.05, 3.63) is 42.6 Å². The minimum absolute atomic E-state index is 0.339. The lowest BCUT2D eigenvalue weighted by atomic mass is 10.4. The topological polar surface area (TPSA) is 93.8 Å². The molecule has 0 spiro atoms. The molecule has 104 valence electrons. The van der Waals surface area contributed by atoms with Crippen molar-refractivity contribution in [2.45, 2.75) is 10.9 Å². The molecule has 0 fully saturated rings. The van der Waals surface area contributed by atoms with Crippen molar-refractivity contribution >= 4 is 23.1 Å². The van der Waals surface area contributed by atoms with Crippen molar-refractivity contribution in [1.82, 2.24) is 14.8 Å². The predicted octanol–water partition coefficient (Wildman–Crippen LogP) is 0.133. The largest absolute Gasteiger partial charge is 0.339 e. The summed E-state index contributed by atoms with van der Waals surface area (Å²) >= 11 is 2.95. The smallest absolute Gasteiger partial charge is 0.320 e. The van der Waals surface area contributed by atoms with Crippen LogP contribution in [0, 0.1) is 11.8 Å². The predicted molar refractivity (Wildman–Crippen MR) is 79.9 cm³/mol. The molecule has 0 saturated carbocycles. The van der Waals surface area contributed by atoms with Gasteiger partial charge < -0.3 is 5.73 Å². The first kappa shape index (κ1) is 14.6. The molecule has 0 atom stereocenters. The van der Waals surface area contributed by atoms with Gasteiger partial charge in [-0.25, -0.2) is 0 Å². The van der Waals surface area contributed by atoms with Gasteiger partial charge in [0.1, 0.15) is 0 Å². The van der Waals surface area contributed by atoms with Crippen molar-refractivity contribution < 1.29 is 0 Å². The van der Waals surface area contributed by atoms with Gasteiger partial charge in [-0.1, -0.05) is 23.6 Å². The van der Waals surface area contributed by atoms with Crippen LogP contribution in [0.1, 0.15) is 9.75 Å². The first-order valence-electron chi connectivity index (χ1n) is 5.68. The van der Waals surface area contributed by atoms with E-state index < -0.39 is 11.1 Å². The summed E-state index contributed by atoms with van der Waals surface area (Å²) in [6, 6.07) is 3.91. The number of nitrogens with one attached hydrogen (secondary N) is 1. The molecule has 0 aromatic carbocycles. The van der Waals surface area contributed by atoms with Gasteiger partial charge >= 0.3 is 11.1 Å². The zero-order valence-corrected chi connectivity index (χ0v) is 12.3. The monoisotopic (exact) mass is 308 g/mol. The van der Waals surface area contributed by atoms with Crippen molar-refractivity contribution in [2.24, 2.45) is 12.8 Å². The molecule has 0 aliphatic rings. The molecule has 0 saturated heterocycles. The van der Waals surface area contributed by atoms with E-state index in [9.17, 15) is 9.59 Å². The van der Waals surface area contributed by atoms with Crippen molar-refractivity contribution in [3.63, 3.8) is 0 Å². The summed E-state index contributed by atoms with van der Waals surface area (Å²) in [7, 11) is 1.64. The van der Waals surface area contributed by atoms with E-state index in [4.69, 9.17) is 5.73 Å². The summed E-state index contributed by atoms with van der Waals surface area (Å²) in [5.41, 5.74) is 3.83. The van der Waals surface area contributed by atoms with E-state index in [0.717, 1.165) is 9.75 Å². The molecule has 2 heterocycles. The molecule has 0 amide bonds. The van der Waals surface area contributed by atoms with Crippen LogP contribution in [-0.4, -0.2) is 21.3 Å². The molecule has 0 radical (unpaired) electrons. The van der Waals surface area contributed by atoms with E-state index in [-0.39, 0.29) is 0 Å². The number of rotatable bonds is 3. The maximum atomic E-state index is 11.2. The van der Waals surface area contributed by atoms with Crippen molar-refractivity contribution in [2.75, 3.05) is 6.54 Å². The Labute approximate surface area is 123 Å². The third kappa shape index (κ3) is 3.60. The Bertz CT molecular complexity index is 779. The molecule has 0 aliphatic carbocycles. The summed E-state index contributed by atoms with van der Waals surface area (Å²) in [6.45, 7) is 0.339. The van der Waals surface area contributed by atoms with Crippen LogP contribution in [0.3, 0.4) is 0 Å². The summed E-state index contributed by atoms with van der Waals surface area (Å²) in [5, 5.41) is 2.88. The molecule has 6 nitrogen and oxygen atoms in total. The Kier molecular flexibility index (Phi) is 4.79. The van der Waals surface area contributed by atoms with E-state index in [1.807, 2.05) is 12.1 Å². The fourth-order valence-corrected chi connectivity index (χ4v) is 3.23. The minimum atomic E-state index is -0.772.